The molecule has 1 aromatic carbocycles. The maximum absolute atomic E-state index is 13.0. The molecule has 0 radical (unpaired) electrons. The van der Waals surface area contributed by atoms with Crippen molar-refractivity contribution < 1.29 is 9.18 Å². The molecule has 0 unspecified atom stereocenters. The van der Waals surface area contributed by atoms with Crippen molar-refractivity contribution in [2.45, 2.75) is 33.9 Å². The standard InChI is InChI=1S/C18H20FN5O/c1-4-23-16(9-10-20-23)18(25)21-17-12(2)22-24(13(17)3)11-14-5-7-15(19)8-6-14/h5-10H,4,11H2,1-3H3,(H,21,25). The van der Waals surface area contributed by atoms with E-state index in [-0.39, 0.29) is 11.7 Å². The number of aryl methyl sites for hydroxylation is 2. The van der Waals surface area contributed by atoms with Crippen LogP contribution in [-0.4, -0.2) is 25.5 Å². The van der Waals surface area contributed by atoms with Gasteiger partial charge in [-0.2, -0.15) is 10.2 Å². The molecule has 0 atom stereocenters. The first-order valence-electron chi connectivity index (χ1n) is 8.11. The number of hydrogen-bond donors (Lipinski definition) is 1. The van der Waals surface area contributed by atoms with Crippen LogP contribution in [0.25, 0.3) is 0 Å². The molecule has 2 aromatic heterocycles. The van der Waals surface area contributed by atoms with Gasteiger partial charge in [0.2, 0.25) is 0 Å². The maximum Gasteiger partial charge on any atom is 0.274 e. The molecule has 3 aromatic rings. The van der Waals surface area contributed by atoms with Crippen molar-refractivity contribution in [2.75, 3.05) is 5.32 Å². The highest BCUT2D eigenvalue weighted by molar-refractivity contribution is 6.03. The smallest absolute Gasteiger partial charge is 0.274 e. The zero-order valence-corrected chi connectivity index (χ0v) is 14.5. The molecular weight excluding hydrogens is 321 g/mol. The molecule has 6 nitrogen and oxygen atoms in total. The van der Waals surface area contributed by atoms with Crippen LogP contribution in [-0.2, 0) is 13.1 Å². The summed E-state index contributed by atoms with van der Waals surface area (Å²) in [5.74, 6) is -0.482. The molecule has 0 bridgehead atoms. The van der Waals surface area contributed by atoms with Crippen molar-refractivity contribution in [3.63, 3.8) is 0 Å². The average Bonchev–Trinajstić information content (AvgIpc) is 3.17. The monoisotopic (exact) mass is 341 g/mol. The van der Waals surface area contributed by atoms with Crippen molar-refractivity contribution in [3.05, 3.63) is 65.0 Å². The number of benzene rings is 1. The summed E-state index contributed by atoms with van der Waals surface area (Å²) in [6.45, 7) is 6.81. The molecule has 0 saturated carbocycles. The molecule has 0 fully saturated rings. The lowest BCUT2D eigenvalue weighted by Crippen LogP contribution is -2.18. The molecule has 2 heterocycles. The minimum absolute atomic E-state index is 0.216. The topological polar surface area (TPSA) is 64.7 Å². The number of nitrogens with zero attached hydrogens (tertiary/aromatic N) is 4. The predicted octanol–water partition coefficient (Wildman–Crippen LogP) is 3.16. The molecular formula is C18H20FN5O. The van der Waals surface area contributed by atoms with Crippen LogP contribution in [0.5, 0.6) is 0 Å². The molecule has 7 heteroatoms. The van der Waals surface area contributed by atoms with E-state index in [1.54, 1.807) is 33.8 Å². The summed E-state index contributed by atoms with van der Waals surface area (Å²) in [4.78, 5) is 12.5. The van der Waals surface area contributed by atoms with Gasteiger partial charge in [0, 0.05) is 12.7 Å². The van der Waals surface area contributed by atoms with E-state index in [4.69, 9.17) is 0 Å². The second-order valence-electron chi connectivity index (χ2n) is 5.82. The second kappa shape index (κ2) is 6.88. The van der Waals surface area contributed by atoms with Gasteiger partial charge in [0.1, 0.15) is 11.5 Å². The quantitative estimate of drug-likeness (QED) is 0.775. The summed E-state index contributed by atoms with van der Waals surface area (Å²) < 4.78 is 16.5. The second-order valence-corrected chi connectivity index (χ2v) is 5.82. The molecule has 3 rings (SSSR count). The zero-order chi connectivity index (χ0) is 18.0. The molecule has 130 valence electrons. The molecule has 25 heavy (non-hydrogen) atoms. The summed E-state index contributed by atoms with van der Waals surface area (Å²) in [5.41, 5.74) is 3.71. The summed E-state index contributed by atoms with van der Waals surface area (Å²) in [6.07, 6.45) is 1.61. The van der Waals surface area contributed by atoms with E-state index in [0.29, 0.717) is 24.5 Å². The highest BCUT2D eigenvalue weighted by atomic mass is 19.1. The fourth-order valence-electron chi connectivity index (χ4n) is 2.75. The van der Waals surface area contributed by atoms with Gasteiger partial charge < -0.3 is 5.32 Å². The minimum atomic E-state index is -0.266. The van der Waals surface area contributed by atoms with Gasteiger partial charge in [-0.05, 0) is 44.5 Å². The lowest BCUT2D eigenvalue weighted by molar-refractivity contribution is 0.101. The van der Waals surface area contributed by atoms with Gasteiger partial charge >= 0.3 is 0 Å². The highest BCUT2D eigenvalue weighted by Gasteiger charge is 2.17. The number of amides is 1. The molecule has 0 aliphatic carbocycles. The lowest BCUT2D eigenvalue weighted by Gasteiger charge is -2.08. The Bertz CT molecular complexity index is 895. The van der Waals surface area contributed by atoms with Crippen LogP contribution in [0.4, 0.5) is 10.1 Å². The van der Waals surface area contributed by atoms with Gasteiger partial charge in [-0.3, -0.25) is 14.2 Å². The molecule has 0 aliphatic heterocycles. The number of rotatable bonds is 5. The van der Waals surface area contributed by atoms with E-state index >= 15 is 0 Å². The largest absolute Gasteiger partial charge is 0.317 e. The van der Waals surface area contributed by atoms with Gasteiger partial charge in [0.05, 0.1) is 23.6 Å². The molecule has 0 spiro atoms. The molecule has 1 amide bonds. The van der Waals surface area contributed by atoms with Gasteiger partial charge in [0.15, 0.2) is 0 Å². The van der Waals surface area contributed by atoms with Crippen LogP contribution in [0.2, 0.25) is 0 Å². The normalized spacial score (nSPS) is 10.9. The van der Waals surface area contributed by atoms with Crippen molar-refractivity contribution in [1.82, 2.24) is 19.6 Å². The van der Waals surface area contributed by atoms with Crippen LogP contribution in [0.3, 0.4) is 0 Å². The van der Waals surface area contributed by atoms with Crippen LogP contribution in [0, 0.1) is 19.7 Å². The van der Waals surface area contributed by atoms with E-state index in [9.17, 15) is 9.18 Å². The van der Waals surface area contributed by atoms with Crippen LogP contribution in [0.15, 0.2) is 36.5 Å². The Morgan fingerprint density at radius 2 is 1.88 bits per heavy atom. The summed E-state index contributed by atoms with van der Waals surface area (Å²) in [6, 6.07) is 7.99. The first-order chi connectivity index (χ1) is 12.0. The number of anilines is 1. The van der Waals surface area contributed by atoms with E-state index in [1.807, 2.05) is 20.8 Å². The van der Waals surface area contributed by atoms with Crippen molar-refractivity contribution in [3.8, 4) is 0 Å². The Kier molecular flexibility index (Phi) is 4.65. The van der Waals surface area contributed by atoms with Gasteiger partial charge in [-0.1, -0.05) is 12.1 Å². The number of halogens is 1. The number of carbonyl (C=O) groups excluding carboxylic acids is 1. The number of aromatic nitrogens is 4. The number of nitrogens with one attached hydrogen (secondary N) is 1. The Morgan fingerprint density at radius 1 is 1.16 bits per heavy atom. The third kappa shape index (κ3) is 3.45. The fraction of sp³-hybridized carbons (Fsp3) is 0.278. The van der Waals surface area contributed by atoms with Crippen LogP contribution < -0.4 is 5.32 Å². The molecule has 0 saturated heterocycles. The Balaban J connectivity index is 1.82. The van der Waals surface area contributed by atoms with Crippen LogP contribution >= 0.6 is 0 Å². The number of hydrogen-bond acceptors (Lipinski definition) is 3. The van der Waals surface area contributed by atoms with Crippen molar-refractivity contribution in [2.24, 2.45) is 0 Å². The third-order valence-electron chi connectivity index (χ3n) is 4.11. The first kappa shape index (κ1) is 16.9. The summed E-state index contributed by atoms with van der Waals surface area (Å²) in [5, 5.41) is 11.5. The van der Waals surface area contributed by atoms with E-state index in [1.165, 1.54) is 12.1 Å². The van der Waals surface area contributed by atoms with E-state index in [0.717, 1.165) is 17.0 Å². The van der Waals surface area contributed by atoms with Crippen molar-refractivity contribution in [1.29, 1.82) is 0 Å². The fourth-order valence-corrected chi connectivity index (χ4v) is 2.75. The summed E-state index contributed by atoms with van der Waals surface area (Å²) >= 11 is 0. The Morgan fingerprint density at radius 3 is 2.56 bits per heavy atom. The predicted molar refractivity (Wildman–Crippen MR) is 93.1 cm³/mol. The Hall–Kier alpha value is -2.96. The average molecular weight is 341 g/mol. The number of carbonyl (C=O) groups is 1. The molecule has 1 N–H and O–H groups in total. The first-order valence-corrected chi connectivity index (χ1v) is 8.11. The Labute approximate surface area is 145 Å². The minimum Gasteiger partial charge on any atom is -0.317 e. The summed E-state index contributed by atoms with van der Waals surface area (Å²) in [7, 11) is 0. The van der Waals surface area contributed by atoms with E-state index in [2.05, 4.69) is 15.5 Å². The van der Waals surface area contributed by atoms with Gasteiger partial charge in [0.25, 0.3) is 5.91 Å². The third-order valence-corrected chi connectivity index (χ3v) is 4.11. The lowest BCUT2D eigenvalue weighted by atomic mass is 10.2. The maximum atomic E-state index is 13.0. The zero-order valence-electron chi connectivity index (χ0n) is 14.5. The molecule has 0 aliphatic rings. The SMILES string of the molecule is CCn1nccc1C(=O)Nc1c(C)nn(Cc2ccc(F)cc2)c1C. The van der Waals surface area contributed by atoms with Crippen LogP contribution in [0.1, 0.15) is 34.4 Å². The highest BCUT2D eigenvalue weighted by Crippen LogP contribution is 2.21. The van der Waals surface area contributed by atoms with Gasteiger partial charge in [-0.25, -0.2) is 4.39 Å². The van der Waals surface area contributed by atoms with E-state index < -0.39 is 0 Å². The van der Waals surface area contributed by atoms with Crippen molar-refractivity contribution >= 4 is 11.6 Å². The van der Waals surface area contributed by atoms with Gasteiger partial charge in [-0.15, -0.1) is 0 Å².